The number of fused-ring (bicyclic) bond motifs is 2. The topological polar surface area (TPSA) is 63.7 Å². The van der Waals surface area contributed by atoms with Crippen LogP contribution in [0.4, 0.5) is 0 Å². The summed E-state index contributed by atoms with van der Waals surface area (Å²) < 4.78 is 34.6. The number of sulfonamides is 1. The number of Topliss-reactive ketones (excluding diaryl/α,β-unsaturated/α-hetero) is 1. The maximum atomic E-state index is 13.3. The molecule has 0 amide bonds. The monoisotopic (exact) mass is 429 g/mol. The van der Waals surface area contributed by atoms with Crippen LogP contribution < -0.4 is 0 Å². The van der Waals surface area contributed by atoms with Gasteiger partial charge in [-0.2, -0.15) is 4.31 Å². The molecule has 2 aliphatic heterocycles. The summed E-state index contributed by atoms with van der Waals surface area (Å²) in [6.45, 7) is 10.5. The van der Waals surface area contributed by atoms with E-state index in [0.29, 0.717) is 17.9 Å². The fourth-order valence-electron chi connectivity index (χ4n) is 3.67. The third-order valence-electron chi connectivity index (χ3n) is 6.20. The van der Waals surface area contributed by atoms with Gasteiger partial charge in [-0.05, 0) is 55.2 Å². The SMILES string of the molecule is CC(C)(C)[Si](C)(C)O[C@H]1C(=O)CC2CCC1N2S(=O)(=O)c1ccc(Cl)cc1. The van der Waals surface area contributed by atoms with Gasteiger partial charge in [-0.1, -0.05) is 32.4 Å². The second kappa shape index (κ2) is 6.95. The highest BCUT2D eigenvalue weighted by Crippen LogP contribution is 2.43. The average molecular weight is 430 g/mol. The van der Waals surface area contributed by atoms with E-state index in [0.717, 1.165) is 0 Å². The Morgan fingerprint density at radius 3 is 2.30 bits per heavy atom. The number of carbonyl (C=O) groups is 1. The van der Waals surface area contributed by atoms with Crippen molar-refractivity contribution in [2.24, 2.45) is 0 Å². The Labute approximate surface area is 168 Å². The summed E-state index contributed by atoms with van der Waals surface area (Å²) >= 11 is 5.91. The Balaban J connectivity index is 1.94. The molecule has 150 valence electrons. The molecule has 1 aromatic rings. The molecule has 3 atom stereocenters. The van der Waals surface area contributed by atoms with Crippen LogP contribution in [0.3, 0.4) is 0 Å². The summed E-state index contributed by atoms with van der Waals surface area (Å²) in [4.78, 5) is 13.0. The highest BCUT2D eigenvalue weighted by molar-refractivity contribution is 7.89. The van der Waals surface area contributed by atoms with Crippen molar-refractivity contribution in [3.05, 3.63) is 29.3 Å². The number of rotatable bonds is 4. The third-order valence-corrected chi connectivity index (χ3v) is 12.9. The molecule has 2 unspecified atom stereocenters. The van der Waals surface area contributed by atoms with Crippen LogP contribution in [-0.2, 0) is 19.2 Å². The summed E-state index contributed by atoms with van der Waals surface area (Å²) in [5.74, 6) is 0.0369. The molecular formula is C19H28ClNO4SSi. The van der Waals surface area contributed by atoms with Gasteiger partial charge < -0.3 is 4.43 Å². The summed E-state index contributed by atoms with van der Waals surface area (Å²) in [6.07, 6.45) is 0.901. The molecule has 8 heteroatoms. The van der Waals surface area contributed by atoms with Gasteiger partial charge in [0.1, 0.15) is 6.10 Å². The lowest BCUT2D eigenvalue weighted by molar-refractivity contribution is -0.131. The van der Waals surface area contributed by atoms with E-state index in [9.17, 15) is 13.2 Å². The fraction of sp³-hybridized carbons (Fsp3) is 0.632. The van der Waals surface area contributed by atoms with Crippen molar-refractivity contribution in [3.63, 3.8) is 0 Å². The number of hydrogen-bond acceptors (Lipinski definition) is 4. The molecule has 3 rings (SSSR count). The number of nitrogens with zero attached hydrogens (tertiary/aromatic N) is 1. The molecule has 2 saturated heterocycles. The minimum Gasteiger partial charge on any atom is -0.405 e. The van der Waals surface area contributed by atoms with E-state index in [1.165, 1.54) is 16.4 Å². The van der Waals surface area contributed by atoms with Crippen molar-refractivity contribution >= 4 is 35.7 Å². The van der Waals surface area contributed by atoms with Crippen molar-refractivity contribution in [1.29, 1.82) is 0 Å². The summed E-state index contributed by atoms with van der Waals surface area (Å²) in [5.41, 5.74) is 0. The molecule has 0 radical (unpaired) electrons. The first-order valence-electron chi connectivity index (χ1n) is 9.34. The maximum Gasteiger partial charge on any atom is 0.243 e. The second-order valence-electron chi connectivity index (χ2n) is 9.06. The molecule has 2 fully saturated rings. The predicted molar refractivity (Wildman–Crippen MR) is 109 cm³/mol. The van der Waals surface area contributed by atoms with E-state index in [2.05, 4.69) is 33.9 Å². The Hall–Kier alpha value is -0.733. The predicted octanol–water partition coefficient (Wildman–Crippen LogP) is 4.22. The van der Waals surface area contributed by atoms with Gasteiger partial charge in [0.25, 0.3) is 0 Å². The van der Waals surface area contributed by atoms with E-state index in [4.69, 9.17) is 16.0 Å². The van der Waals surface area contributed by atoms with Gasteiger partial charge in [0.15, 0.2) is 14.1 Å². The number of benzene rings is 1. The van der Waals surface area contributed by atoms with Crippen molar-refractivity contribution < 1.29 is 17.6 Å². The highest BCUT2D eigenvalue weighted by Gasteiger charge is 2.54. The average Bonchev–Trinajstić information content (AvgIpc) is 2.89. The smallest absolute Gasteiger partial charge is 0.243 e. The van der Waals surface area contributed by atoms with Gasteiger partial charge in [0.05, 0.1) is 10.9 Å². The van der Waals surface area contributed by atoms with Crippen LogP contribution in [0.15, 0.2) is 29.2 Å². The molecule has 27 heavy (non-hydrogen) atoms. The molecule has 0 saturated carbocycles. The van der Waals surface area contributed by atoms with Crippen molar-refractivity contribution in [2.75, 3.05) is 0 Å². The van der Waals surface area contributed by atoms with Gasteiger partial charge in [0.2, 0.25) is 10.0 Å². The zero-order chi connectivity index (χ0) is 20.2. The van der Waals surface area contributed by atoms with E-state index in [1.807, 2.05) is 0 Å². The van der Waals surface area contributed by atoms with E-state index < -0.39 is 30.5 Å². The van der Waals surface area contributed by atoms with Gasteiger partial charge in [-0.15, -0.1) is 0 Å². The number of carbonyl (C=O) groups excluding carboxylic acids is 1. The van der Waals surface area contributed by atoms with Gasteiger partial charge in [0, 0.05) is 17.5 Å². The molecule has 0 N–H and O–H groups in total. The van der Waals surface area contributed by atoms with Crippen LogP contribution in [0.25, 0.3) is 0 Å². The molecule has 0 aromatic heterocycles. The van der Waals surface area contributed by atoms with Crippen molar-refractivity contribution in [2.45, 2.75) is 81.2 Å². The third kappa shape index (κ3) is 3.77. The van der Waals surface area contributed by atoms with Gasteiger partial charge >= 0.3 is 0 Å². The summed E-state index contributed by atoms with van der Waals surface area (Å²) in [5, 5.41) is 0.438. The lowest BCUT2D eigenvalue weighted by Crippen LogP contribution is -2.59. The molecule has 2 heterocycles. The number of piperidine rings is 1. The Morgan fingerprint density at radius 1 is 1.15 bits per heavy atom. The minimum atomic E-state index is -3.70. The minimum absolute atomic E-state index is 0.0369. The summed E-state index contributed by atoms with van der Waals surface area (Å²) in [6, 6.07) is 5.51. The molecule has 1 aromatic carbocycles. The second-order valence-corrected chi connectivity index (χ2v) is 16.1. The molecular weight excluding hydrogens is 402 g/mol. The quantitative estimate of drug-likeness (QED) is 0.672. The molecule has 0 spiro atoms. The highest BCUT2D eigenvalue weighted by atomic mass is 35.5. The molecule has 5 nitrogen and oxygen atoms in total. The standard InChI is InChI=1S/C19H28ClNO4SSi/c1-19(2,3)27(4,5)25-18-16-11-8-14(12-17(18)22)21(16)26(23,24)15-9-6-13(20)7-10-15/h6-7,9-10,14,16,18H,8,11-12H2,1-5H3/t14?,16?,18-/m1/s1. The lowest BCUT2D eigenvalue weighted by Gasteiger charge is -2.44. The Morgan fingerprint density at radius 2 is 1.74 bits per heavy atom. The largest absolute Gasteiger partial charge is 0.405 e. The van der Waals surface area contributed by atoms with Crippen molar-refractivity contribution in [1.82, 2.24) is 4.31 Å². The first-order valence-corrected chi connectivity index (χ1v) is 14.1. The molecule has 2 bridgehead atoms. The Kier molecular flexibility index (Phi) is 5.40. The van der Waals surface area contributed by atoms with E-state index >= 15 is 0 Å². The number of hydrogen-bond donors (Lipinski definition) is 0. The van der Waals surface area contributed by atoms with Crippen LogP contribution >= 0.6 is 11.6 Å². The van der Waals surface area contributed by atoms with E-state index in [-0.39, 0.29) is 28.2 Å². The van der Waals surface area contributed by atoms with Crippen LogP contribution in [0.2, 0.25) is 23.2 Å². The zero-order valence-corrected chi connectivity index (χ0v) is 19.1. The molecule has 2 aliphatic rings. The Bertz CT molecular complexity index is 832. The van der Waals surface area contributed by atoms with Crippen LogP contribution in [0.1, 0.15) is 40.0 Å². The maximum absolute atomic E-state index is 13.3. The van der Waals surface area contributed by atoms with Gasteiger partial charge in [-0.25, -0.2) is 8.42 Å². The zero-order valence-electron chi connectivity index (χ0n) is 16.5. The number of ketones is 1. The lowest BCUT2D eigenvalue weighted by atomic mass is 10.0. The first-order chi connectivity index (χ1) is 12.3. The normalized spacial score (nSPS) is 27.2. The van der Waals surface area contributed by atoms with E-state index in [1.54, 1.807) is 12.1 Å². The van der Waals surface area contributed by atoms with Crippen LogP contribution in [0.5, 0.6) is 0 Å². The van der Waals surface area contributed by atoms with Crippen LogP contribution in [-0.4, -0.2) is 45.0 Å². The van der Waals surface area contributed by atoms with Crippen LogP contribution in [0, 0.1) is 0 Å². The van der Waals surface area contributed by atoms with Crippen molar-refractivity contribution in [3.8, 4) is 0 Å². The number of halogens is 1. The fourth-order valence-corrected chi connectivity index (χ4v) is 6.94. The molecule has 0 aliphatic carbocycles. The van der Waals surface area contributed by atoms with Gasteiger partial charge in [-0.3, -0.25) is 4.79 Å². The first kappa shape index (κ1) is 21.0. The summed E-state index contributed by atoms with van der Waals surface area (Å²) in [7, 11) is -5.91.